The molecule has 5 heteroatoms. The van der Waals surface area contributed by atoms with Gasteiger partial charge in [0.15, 0.2) is 0 Å². The lowest BCUT2D eigenvalue weighted by atomic mass is 9.79. The molecule has 0 aromatic rings. The molecule has 4 fully saturated rings. The largest absolute Gasteiger partial charge is 0.450 e. The number of amides is 1. The average molecular weight is 247 g/mol. The van der Waals surface area contributed by atoms with Crippen LogP contribution in [0.25, 0.3) is 0 Å². The predicted molar refractivity (Wildman–Crippen MR) is 62.1 cm³/mol. The van der Waals surface area contributed by atoms with E-state index in [1.165, 1.54) is 12.8 Å². The second-order valence-corrected chi connectivity index (χ2v) is 6.41. The molecule has 3 saturated carbocycles. The zero-order valence-corrected chi connectivity index (χ0v) is 10.4. The van der Waals surface area contributed by atoms with Crippen LogP contribution in [0, 0.1) is 23.7 Å². The van der Waals surface area contributed by atoms with E-state index in [4.69, 9.17) is 4.74 Å². The first-order chi connectivity index (χ1) is 8.81. The van der Waals surface area contributed by atoms with Crippen LogP contribution in [0.3, 0.4) is 0 Å². The Balaban J connectivity index is 1.44. The van der Waals surface area contributed by atoms with Gasteiger partial charge in [0.25, 0.3) is 0 Å². The molecular weight excluding hydrogens is 230 g/mol. The zero-order chi connectivity index (χ0) is 12.0. The Kier molecular flexibility index (Phi) is 1.56. The lowest BCUT2D eigenvalue weighted by Crippen LogP contribution is -2.33. The Bertz CT molecular complexity index is 435. The maximum Gasteiger partial charge on any atom is 0.410 e. The van der Waals surface area contributed by atoms with Gasteiger partial charge in [-0.1, -0.05) is 0 Å². The summed E-state index contributed by atoms with van der Waals surface area (Å²) in [5.41, 5.74) is 0. The molecular formula is C13H17N3O2. The number of hydrogen-bond donors (Lipinski definition) is 0. The molecule has 0 unspecified atom stereocenters. The van der Waals surface area contributed by atoms with Crippen molar-refractivity contribution in [3.63, 3.8) is 0 Å². The number of nitrogens with zero attached hydrogens (tertiary/aromatic N) is 3. The molecule has 0 aromatic heterocycles. The number of rotatable bonds is 1. The minimum atomic E-state index is -0.0941. The molecule has 0 radical (unpaired) electrons. The van der Waals surface area contributed by atoms with Crippen LogP contribution in [-0.2, 0) is 4.74 Å². The van der Waals surface area contributed by atoms with E-state index in [-0.39, 0.29) is 6.09 Å². The first-order valence-corrected chi connectivity index (χ1v) is 7.16. The SMILES string of the molecule is CCOC(=O)N1[C@@H]2[C@H]3C[C@@H]([C@H]4[C@H]3[C@H]3C[C@H]4N=N3)[C@H]21. The van der Waals surface area contributed by atoms with Gasteiger partial charge in [-0.05, 0) is 43.4 Å². The minimum Gasteiger partial charge on any atom is -0.450 e. The van der Waals surface area contributed by atoms with Gasteiger partial charge in [0.05, 0.1) is 30.8 Å². The Morgan fingerprint density at radius 1 is 1.17 bits per heavy atom. The lowest BCUT2D eigenvalue weighted by Gasteiger charge is -2.28. The predicted octanol–water partition coefficient (Wildman–Crippen LogP) is 1.68. The van der Waals surface area contributed by atoms with Crippen molar-refractivity contribution in [2.24, 2.45) is 33.9 Å². The van der Waals surface area contributed by atoms with Gasteiger partial charge in [-0.25, -0.2) is 4.79 Å². The molecule has 8 atom stereocenters. The highest BCUT2D eigenvalue weighted by Gasteiger charge is 2.76. The van der Waals surface area contributed by atoms with Crippen LogP contribution < -0.4 is 0 Å². The summed E-state index contributed by atoms with van der Waals surface area (Å²) in [6.07, 6.45) is 2.39. The molecule has 5 rings (SSSR count). The van der Waals surface area contributed by atoms with Crippen molar-refractivity contribution in [3.05, 3.63) is 0 Å². The van der Waals surface area contributed by atoms with Gasteiger partial charge in [-0.2, -0.15) is 10.2 Å². The summed E-state index contributed by atoms with van der Waals surface area (Å²) in [7, 11) is 0. The molecule has 5 aliphatic rings. The van der Waals surface area contributed by atoms with Crippen molar-refractivity contribution in [1.82, 2.24) is 4.90 Å². The highest BCUT2D eigenvalue weighted by atomic mass is 16.6. The molecule has 4 bridgehead atoms. The maximum atomic E-state index is 11.9. The van der Waals surface area contributed by atoms with Crippen molar-refractivity contribution in [3.8, 4) is 0 Å². The molecule has 0 aromatic carbocycles. The number of carbonyl (C=O) groups excluding carboxylic acids is 1. The Morgan fingerprint density at radius 2 is 1.78 bits per heavy atom. The van der Waals surface area contributed by atoms with Crippen molar-refractivity contribution < 1.29 is 9.53 Å². The van der Waals surface area contributed by atoms with E-state index in [1.54, 1.807) is 0 Å². The first-order valence-electron chi connectivity index (χ1n) is 7.16. The third kappa shape index (κ3) is 0.884. The van der Waals surface area contributed by atoms with Crippen LogP contribution in [0.1, 0.15) is 19.8 Å². The number of carbonyl (C=O) groups is 1. The Morgan fingerprint density at radius 3 is 2.33 bits per heavy atom. The number of hydrogen-bond acceptors (Lipinski definition) is 4. The Hall–Kier alpha value is -1.13. The fourth-order valence-corrected chi connectivity index (χ4v) is 5.63. The van der Waals surface area contributed by atoms with Crippen molar-refractivity contribution >= 4 is 6.09 Å². The van der Waals surface area contributed by atoms with Gasteiger partial charge < -0.3 is 4.74 Å². The van der Waals surface area contributed by atoms with Crippen LogP contribution >= 0.6 is 0 Å². The van der Waals surface area contributed by atoms with Crippen molar-refractivity contribution in [2.45, 2.75) is 43.9 Å². The zero-order valence-electron chi connectivity index (χ0n) is 10.4. The quantitative estimate of drug-likeness (QED) is 0.523. The molecule has 0 N–H and O–H groups in total. The summed E-state index contributed by atoms with van der Waals surface area (Å²) in [5.74, 6) is 2.81. The van der Waals surface area contributed by atoms with Crippen LogP contribution in [0.5, 0.6) is 0 Å². The van der Waals surface area contributed by atoms with E-state index in [0.717, 1.165) is 11.8 Å². The molecule has 3 aliphatic carbocycles. The van der Waals surface area contributed by atoms with E-state index < -0.39 is 0 Å². The van der Waals surface area contributed by atoms with Crippen LogP contribution in [-0.4, -0.2) is 41.8 Å². The van der Waals surface area contributed by atoms with Gasteiger partial charge in [0.2, 0.25) is 0 Å². The molecule has 2 heterocycles. The number of likely N-dealkylation sites (tertiary alicyclic amines) is 1. The third-order valence-corrected chi connectivity index (χ3v) is 5.97. The van der Waals surface area contributed by atoms with Crippen LogP contribution in [0.15, 0.2) is 10.2 Å². The summed E-state index contributed by atoms with van der Waals surface area (Å²) in [6, 6.07) is 1.90. The van der Waals surface area contributed by atoms with Crippen LogP contribution in [0.4, 0.5) is 4.79 Å². The average Bonchev–Trinajstić information content (AvgIpc) is 2.83. The Labute approximate surface area is 106 Å². The lowest BCUT2D eigenvalue weighted by molar-refractivity contribution is 0.125. The summed E-state index contributed by atoms with van der Waals surface area (Å²) in [6.45, 7) is 2.35. The molecule has 1 saturated heterocycles. The summed E-state index contributed by atoms with van der Waals surface area (Å²) >= 11 is 0. The van der Waals surface area contributed by atoms with Gasteiger partial charge >= 0.3 is 6.09 Å². The van der Waals surface area contributed by atoms with Gasteiger partial charge in [0, 0.05) is 0 Å². The first kappa shape index (κ1) is 9.75. The van der Waals surface area contributed by atoms with Crippen molar-refractivity contribution in [2.75, 3.05) is 6.61 Å². The smallest absolute Gasteiger partial charge is 0.410 e. The van der Waals surface area contributed by atoms with Gasteiger partial charge in [-0.3, -0.25) is 4.90 Å². The fourth-order valence-electron chi connectivity index (χ4n) is 5.63. The van der Waals surface area contributed by atoms with E-state index in [1.807, 2.05) is 11.8 Å². The number of ether oxygens (including phenoxy) is 1. The monoisotopic (exact) mass is 247 g/mol. The van der Waals surface area contributed by atoms with E-state index in [9.17, 15) is 4.79 Å². The summed E-state index contributed by atoms with van der Waals surface area (Å²) < 4.78 is 5.16. The minimum absolute atomic E-state index is 0.0941. The highest BCUT2D eigenvalue weighted by molar-refractivity contribution is 5.73. The molecule has 0 spiro atoms. The van der Waals surface area contributed by atoms with E-state index in [0.29, 0.717) is 42.6 Å². The van der Waals surface area contributed by atoms with Gasteiger partial charge in [-0.15, -0.1) is 0 Å². The second kappa shape index (κ2) is 2.89. The normalized spacial score (nSPS) is 56.8. The van der Waals surface area contributed by atoms with Gasteiger partial charge in [0.1, 0.15) is 0 Å². The molecule has 2 aliphatic heterocycles. The standard InChI is InChI=1S/C13H17N3O2/c1-2-18-13(17)16-11-5-3-6(12(11)16)10-8-4-7(9(5)10)14-15-8/h5-12H,2-4H2,1H3/t5-,6-,7+,8+,9+,10+,11+,12+/m0/s1. The topological polar surface area (TPSA) is 54.0 Å². The fraction of sp³-hybridized carbons (Fsp3) is 0.923. The summed E-state index contributed by atoms with van der Waals surface area (Å²) in [5, 5.41) is 8.83. The van der Waals surface area contributed by atoms with Crippen molar-refractivity contribution in [1.29, 1.82) is 0 Å². The number of fused-ring (bicyclic) bond motifs is 12. The number of piperidine rings is 1. The molecule has 5 nitrogen and oxygen atoms in total. The van der Waals surface area contributed by atoms with Crippen LogP contribution in [0.2, 0.25) is 0 Å². The molecule has 18 heavy (non-hydrogen) atoms. The van der Waals surface area contributed by atoms with E-state index >= 15 is 0 Å². The number of azo groups is 1. The highest BCUT2D eigenvalue weighted by Crippen LogP contribution is 2.69. The second-order valence-electron chi connectivity index (χ2n) is 6.41. The maximum absolute atomic E-state index is 11.9. The summed E-state index contributed by atoms with van der Waals surface area (Å²) in [4.78, 5) is 13.9. The molecule has 96 valence electrons. The third-order valence-electron chi connectivity index (χ3n) is 5.97. The van der Waals surface area contributed by atoms with E-state index in [2.05, 4.69) is 10.2 Å². The molecule has 1 amide bonds.